The molecule has 0 aliphatic heterocycles. The van der Waals surface area contributed by atoms with Gasteiger partial charge in [0.25, 0.3) is 0 Å². The number of hydrogen-bond donors (Lipinski definition) is 0. The second kappa shape index (κ2) is 10.9. The van der Waals surface area contributed by atoms with Crippen molar-refractivity contribution in [2.45, 2.75) is 0 Å². The Morgan fingerprint density at radius 3 is 1.46 bits per heavy atom. The molecular formula is C44H26N4. The highest BCUT2D eigenvalue weighted by Gasteiger charge is 2.16. The fourth-order valence-corrected chi connectivity index (χ4v) is 7.16. The minimum atomic E-state index is 0.637. The van der Waals surface area contributed by atoms with Crippen LogP contribution < -0.4 is 0 Å². The number of fused-ring (bicyclic) bond motifs is 6. The first-order valence-corrected chi connectivity index (χ1v) is 15.9. The SMILES string of the molecule is N#Cc1ccc(-c2cc(-c3cccc(-n4c5ccccc5c5cc(C#N)ccc54)c3)cc(-n3c4ccccc4c4ccccc43)c2)cc1. The first kappa shape index (κ1) is 27.4. The summed E-state index contributed by atoms with van der Waals surface area (Å²) in [7, 11) is 0. The Bertz CT molecular complexity index is 2750. The van der Waals surface area contributed by atoms with Crippen molar-refractivity contribution in [1.82, 2.24) is 9.13 Å². The molecule has 0 saturated carbocycles. The van der Waals surface area contributed by atoms with E-state index in [-0.39, 0.29) is 0 Å². The van der Waals surface area contributed by atoms with Gasteiger partial charge in [0, 0.05) is 32.9 Å². The molecule has 0 atom stereocenters. The Balaban J connectivity index is 1.29. The van der Waals surface area contributed by atoms with Gasteiger partial charge in [0.05, 0.1) is 45.3 Å². The van der Waals surface area contributed by atoms with Crippen molar-refractivity contribution in [1.29, 1.82) is 10.5 Å². The molecule has 0 amide bonds. The van der Waals surface area contributed by atoms with Crippen molar-refractivity contribution >= 4 is 43.6 Å². The lowest BCUT2D eigenvalue weighted by Gasteiger charge is -2.15. The standard InChI is InChI=1S/C44H26N4/c45-27-29-16-19-31(20-17-29)33-23-34(26-36(25-33)48-41-13-4-1-10-37(41)38-11-2-5-14-42(38)48)32-8-7-9-35(24-32)47-43-15-6-3-12-39(43)40-22-30(28-46)18-21-44(40)47/h1-26H. The fraction of sp³-hybridized carbons (Fsp3) is 0. The number of hydrogen-bond acceptors (Lipinski definition) is 2. The molecule has 7 aromatic carbocycles. The fourth-order valence-electron chi connectivity index (χ4n) is 7.16. The first-order chi connectivity index (χ1) is 23.7. The molecule has 0 unspecified atom stereocenters. The van der Waals surface area contributed by atoms with Crippen LogP contribution in [0.25, 0.3) is 77.2 Å². The zero-order valence-corrected chi connectivity index (χ0v) is 25.8. The quantitative estimate of drug-likeness (QED) is 0.199. The zero-order valence-electron chi connectivity index (χ0n) is 25.8. The monoisotopic (exact) mass is 610 g/mol. The van der Waals surface area contributed by atoms with Gasteiger partial charge in [0.1, 0.15) is 0 Å². The first-order valence-electron chi connectivity index (χ1n) is 15.9. The second-order valence-electron chi connectivity index (χ2n) is 12.1. The topological polar surface area (TPSA) is 57.4 Å². The molecule has 2 aromatic heterocycles. The predicted molar refractivity (Wildman–Crippen MR) is 195 cm³/mol. The minimum Gasteiger partial charge on any atom is -0.309 e. The maximum atomic E-state index is 9.62. The molecule has 0 aliphatic carbocycles. The highest BCUT2D eigenvalue weighted by molar-refractivity contribution is 6.10. The number of nitriles is 2. The van der Waals surface area contributed by atoms with E-state index in [2.05, 4.69) is 130 Å². The lowest BCUT2D eigenvalue weighted by molar-refractivity contribution is 1.17. The number of para-hydroxylation sites is 3. The molecule has 0 fully saturated rings. The summed E-state index contributed by atoms with van der Waals surface area (Å²) in [4.78, 5) is 0. The summed E-state index contributed by atoms with van der Waals surface area (Å²) in [5, 5.41) is 23.7. The van der Waals surface area contributed by atoms with Gasteiger partial charge in [0.15, 0.2) is 0 Å². The van der Waals surface area contributed by atoms with Gasteiger partial charge in [-0.05, 0) is 101 Å². The Kier molecular flexibility index (Phi) is 6.22. The maximum absolute atomic E-state index is 9.62. The molecule has 48 heavy (non-hydrogen) atoms. The minimum absolute atomic E-state index is 0.637. The molecule has 0 aliphatic rings. The van der Waals surface area contributed by atoms with Crippen molar-refractivity contribution in [2.24, 2.45) is 0 Å². The third-order valence-electron chi connectivity index (χ3n) is 9.34. The molecule has 9 rings (SSSR count). The van der Waals surface area contributed by atoms with Crippen molar-refractivity contribution in [3.8, 4) is 45.8 Å². The van der Waals surface area contributed by atoms with E-state index in [1.54, 1.807) is 0 Å². The molecule has 0 radical (unpaired) electrons. The van der Waals surface area contributed by atoms with Crippen LogP contribution in [0, 0.1) is 22.7 Å². The molecule has 0 bridgehead atoms. The zero-order chi connectivity index (χ0) is 32.2. The molecular weight excluding hydrogens is 585 g/mol. The molecule has 2 heterocycles. The van der Waals surface area contributed by atoms with E-state index in [0.717, 1.165) is 66.5 Å². The van der Waals surface area contributed by atoms with Crippen LogP contribution in [-0.4, -0.2) is 9.13 Å². The number of nitrogens with zero attached hydrogens (tertiary/aromatic N) is 4. The maximum Gasteiger partial charge on any atom is 0.0991 e. The lowest BCUT2D eigenvalue weighted by atomic mass is 9.97. The Labute approximate surface area is 277 Å². The molecule has 0 spiro atoms. The van der Waals surface area contributed by atoms with Crippen LogP contribution in [0.5, 0.6) is 0 Å². The molecule has 9 aromatic rings. The van der Waals surface area contributed by atoms with E-state index in [4.69, 9.17) is 0 Å². The van der Waals surface area contributed by atoms with Crippen LogP contribution >= 0.6 is 0 Å². The van der Waals surface area contributed by atoms with Gasteiger partial charge in [0.2, 0.25) is 0 Å². The Morgan fingerprint density at radius 1 is 0.333 bits per heavy atom. The van der Waals surface area contributed by atoms with Crippen LogP contribution in [0.2, 0.25) is 0 Å². The summed E-state index contributed by atoms with van der Waals surface area (Å²) in [5.41, 5.74) is 12.1. The van der Waals surface area contributed by atoms with Crippen LogP contribution in [0.4, 0.5) is 0 Å². The summed E-state index contributed by atoms with van der Waals surface area (Å²) in [5.74, 6) is 0. The molecule has 0 N–H and O–H groups in total. The van der Waals surface area contributed by atoms with Crippen LogP contribution in [0.3, 0.4) is 0 Å². The van der Waals surface area contributed by atoms with Crippen molar-refractivity contribution < 1.29 is 0 Å². The van der Waals surface area contributed by atoms with E-state index in [1.165, 1.54) is 10.8 Å². The average molecular weight is 611 g/mol. The smallest absolute Gasteiger partial charge is 0.0991 e. The van der Waals surface area contributed by atoms with Gasteiger partial charge in [-0.2, -0.15) is 10.5 Å². The van der Waals surface area contributed by atoms with E-state index in [9.17, 15) is 10.5 Å². The van der Waals surface area contributed by atoms with Gasteiger partial charge in [-0.3, -0.25) is 0 Å². The van der Waals surface area contributed by atoms with Gasteiger partial charge in [-0.25, -0.2) is 0 Å². The normalized spacial score (nSPS) is 11.3. The summed E-state index contributed by atoms with van der Waals surface area (Å²) >= 11 is 0. The highest BCUT2D eigenvalue weighted by atomic mass is 15.0. The molecule has 0 saturated heterocycles. The van der Waals surface area contributed by atoms with E-state index in [1.807, 2.05) is 48.5 Å². The molecule has 4 nitrogen and oxygen atoms in total. The third kappa shape index (κ3) is 4.29. The Morgan fingerprint density at radius 2 is 0.833 bits per heavy atom. The van der Waals surface area contributed by atoms with Crippen molar-refractivity contribution in [3.63, 3.8) is 0 Å². The number of aromatic nitrogens is 2. The van der Waals surface area contributed by atoms with Crippen LogP contribution in [0.1, 0.15) is 11.1 Å². The highest BCUT2D eigenvalue weighted by Crippen LogP contribution is 2.38. The van der Waals surface area contributed by atoms with E-state index in [0.29, 0.717) is 11.1 Å². The summed E-state index contributed by atoms with van der Waals surface area (Å²) in [6, 6.07) is 59.2. The summed E-state index contributed by atoms with van der Waals surface area (Å²) in [6.07, 6.45) is 0. The Hall–Kier alpha value is -6.88. The summed E-state index contributed by atoms with van der Waals surface area (Å²) in [6.45, 7) is 0. The van der Waals surface area contributed by atoms with E-state index >= 15 is 0 Å². The van der Waals surface area contributed by atoms with Gasteiger partial charge < -0.3 is 9.13 Å². The number of rotatable bonds is 4. The second-order valence-corrected chi connectivity index (χ2v) is 12.1. The average Bonchev–Trinajstić information content (AvgIpc) is 3.67. The third-order valence-corrected chi connectivity index (χ3v) is 9.34. The molecule has 4 heteroatoms. The molecule has 222 valence electrons. The van der Waals surface area contributed by atoms with E-state index < -0.39 is 0 Å². The predicted octanol–water partition coefficient (Wildman–Crippen LogP) is 11.0. The number of benzene rings is 7. The lowest BCUT2D eigenvalue weighted by Crippen LogP contribution is -1.97. The van der Waals surface area contributed by atoms with Crippen LogP contribution in [0.15, 0.2) is 158 Å². The van der Waals surface area contributed by atoms with Gasteiger partial charge >= 0.3 is 0 Å². The van der Waals surface area contributed by atoms with Crippen molar-refractivity contribution in [2.75, 3.05) is 0 Å². The largest absolute Gasteiger partial charge is 0.309 e. The van der Waals surface area contributed by atoms with Gasteiger partial charge in [-0.1, -0.05) is 78.9 Å². The summed E-state index contributed by atoms with van der Waals surface area (Å²) < 4.78 is 4.64. The van der Waals surface area contributed by atoms with Crippen molar-refractivity contribution in [3.05, 3.63) is 169 Å². The van der Waals surface area contributed by atoms with Crippen LogP contribution in [-0.2, 0) is 0 Å². The van der Waals surface area contributed by atoms with Gasteiger partial charge in [-0.15, -0.1) is 0 Å².